The first kappa shape index (κ1) is 9.23. The summed E-state index contributed by atoms with van der Waals surface area (Å²) in [5, 5.41) is 32.5. The molecule has 0 unspecified atom stereocenters. The van der Waals surface area contributed by atoms with Crippen LogP contribution in [0.1, 0.15) is 0 Å². The third-order valence-electron chi connectivity index (χ3n) is 0.783. The number of amides is 2. The maximum Gasteiger partial charge on any atom is 0.374 e. The summed E-state index contributed by atoms with van der Waals surface area (Å²) in [4.78, 5) is 10.7. The highest BCUT2D eigenvalue weighted by Crippen LogP contribution is 1.92. The maximum absolute atomic E-state index is 10.7. The lowest BCUT2D eigenvalue weighted by atomic mass is 10.7. The van der Waals surface area contributed by atoms with Crippen molar-refractivity contribution in [3.05, 3.63) is 0 Å². The van der Waals surface area contributed by atoms with Gasteiger partial charge in [0.25, 0.3) is 0 Å². The zero-order chi connectivity index (χ0) is 9.56. The smallest absolute Gasteiger partial charge is 0.244 e. The van der Waals surface area contributed by atoms with E-state index in [0.717, 1.165) is 0 Å². The monoisotopic (exact) mass is 160 g/mol. The predicted octanol–water partition coefficient (Wildman–Crippen LogP) is -0.365. The Kier molecular flexibility index (Phi) is 3.16. The number of hydrogen-bond acceptors (Lipinski definition) is 5. The molecule has 0 aliphatic rings. The predicted molar refractivity (Wildman–Crippen MR) is 31.5 cm³/mol. The van der Waals surface area contributed by atoms with Gasteiger partial charge in [-0.15, -0.1) is 9.80 Å². The Morgan fingerprint density at radius 1 is 0.833 bits per heavy atom. The number of carbonyl (C=O) groups excluding carboxylic acids is 1. The van der Waals surface area contributed by atoms with Crippen molar-refractivity contribution in [2.75, 3.05) is 0 Å². The van der Waals surface area contributed by atoms with Crippen LogP contribution < -0.4 is 0 Å². The van der Waals surface area contributed by atoms with E-state index >= 15 is 0 Å². The van der Waals surface area contributed by atoms with E-state index in [2.05, 4.69) is 0 Å². The summed E-state index contributed by atoms with van der Waals surface area (Å²) in [7, 11) is 0. The average Bonchev–Trinajstić information content (AvgIpc) is 2.09. The largest absolute Gasteiger partial charge is 0.374 e. The van der Waals surface area contributed by atoms with Crippen LogP contribution in [0.5, 0.6) is 0 Å². The van der Waals surface area contributed by atoms with Crippen LogP contribution in [-0.2, 0) is 0 Å². The lowest BCUT2D eigenvalue weighted by molar-refractivity contribution is 0.216. The lowest BCUT2D eigenvalue weighted by Gasteiger charge is -2.04. The van der Waals surface area contributed by atoms with Crippen molar-refractivity contribution >= 4 is 6.03 Å². The molecule has 7 heteroatoms. The summed E-state index contributed by atoms with van der Waals surface area (Å²) in [5.74, 6) is 0. The van der Waals surface area contributed by atoms with Crippen LogP contribution in [-0.4, -0.2) is 15.8 Å². The van der Waals surface area contributed by atoms with Gasteiger partial charge in [-0.05, 0) is 0 Å². The molecular formula is C5N6O. The Morgan fingerprint density at radius 3 is 1.25 bits per heavy atom. The molecule has 0 fully saturated rings. The number of rotatable bonds is 0. The Bertz CT molecular complexity index is 284. The third kappa shape index (κ3) is 1.60. The first-order valence-corrected chi connectivity index (χ1v) is 2.44. The Balaban J connectivity index is 4.68. The van der Waals surface area contributed by atoms with Crippen LogP contribution in [0.25, 0.3) is 0 Å². The number of urea groups is 1. The summed E-state index contributed by atoms with van der Waals surface area (Å²) >= 11 is 0. The molecule has 0 bridgehead atoms. The summed E-state index contributed by atoms with van der Waals surface area (Å²) in [6.07, 6.45) is 4.72. The summed E-state index contributed by atoms with van der Waals surface area (Å²) < 4.78 is 0. The van der Waals surface area contributed by atoms with Crippen molar-refractivity contribution in [3.8, 4) is 24.8 Å². The molecule has 0 saturated carbocycles. The van der Waals surface area contributed by atoms with Crippen LogP contribution in [0.15, 0.2) is 0 Å². The molecule has 0 aromatic carbocycles. The van der Waals surface area contributed by atoms with Gasteiger partial charge in [-0.3, -0.25) is 0 Å². The zero-order valence-corrected chi connectivity index (χ0v) is 5.59. The van der Waals surface area contributed by atoms with Crippen LogP contribution in [0.2, 0.25) is 0 Å². The highest BCUT2D eigenvalue weighted by atomic mass is 16.2. The molecule has 0 aromatic heterocycles. The molecule has 12 heavy (non-hydrogen) atoms. The molecule has 0 aliphatic heterocycles. The second-order valence-corrected chi connectivity index (χ2v) is 1.35. The van der Waals surface area contributed by atoms with E-state index in [9.17, 15) is 4.79 Å². The first-order valence-electron chi connectivity index (χ1n) is 2.44. The minimum absolute atomic E-state index is 0.00639. The van der Waals surface area contributed by atoms with E-state index in [1.54, 1.807) is 0 Å². The number of hydrogen-bond donors (Lipinski definition) is 0. The van der Waals surface area contributed by atoms with Crippen LogP contribution in [0, 0.1) is 45.8 Å². The van der Waals surface area contributed by atoms with E-state index in [-0.39, 0.29) is 9.80 Å². The van der Waals surface area contributed by atoms with Crippen LogP contribution >= 0.6 is 0 Å². The van der Waals surface area contributed by atoms with E-state index in [4.69, 9.17) is 21.0 Å². The molecule has 0 aromatic rings. The fraction of sp³-hybridized carbons (Fsp3) is 0. The molecule has 2 amide bonds. The van der Waals surface area contributed by atoms with E-state index in [1.807, 2.05) is 0 Å². The number of nitriles is 4. The van der Waals surface area contributed by atoms with Gasteiger partial charge in [0.2, 0.25) is 24.8 Å². The third-order valence-corrected chi connectivity index (χ3v) is 0.783. The van der Waals surface area contributed by atoms with Crippen LogP contribution in [0.3, 0.4) is 0 Å². The minimum atomic E-state index is -1.29. The fourth-order valence-electron chi connectivity index (χ4n) is 0.316. The van der Waals surface area contributed by atoms with Gasteiger partial charge in [0.15, 0.2) is 0 Å². The van der Waals surface area contributed by atoms with Crippen LogP contribution in [0.4, 0.5) is 4.79 Å². The van der Waals surface area contributed by atoms with E-state index in [1.165, 1.54) is 24.8 Å². The average molecular weight is 160 g/mol. The topological polar surface area (TPSA) is 119 Å². The van der Waals surface area contributed by atoms with Gasteiger partial charge in [-0.25, -0.2) is 4.79 Å². The van der Waals surface area contributed by atoms with Crippen molar-refractivity contribution < 1.29 is 4.79 Å². The summed E-state index contributed by atoms with van der Waals surface area (Å²) in [6, 6.07) is -1.29. The quantitative estimate of drug-likeness (QED) is 0.353. The first-order chi connectivity index (χ1) is 5.71. The lowest BCUT2D eigenvalue weighted by Crippen LogP contribution is -2.31. The van der Waals surface area contributed by atoms with Gasteiger partial charge in [0.1, 0.15) is 0 Å². The van der Waals surface area contributed by atoms with Crippen molar-refractivity contribution in [1.82, 2.24) is 9.80 Å². The van der Waals surface area contributed by atoms with Crippen molar-refractivity contribution in [3.63, 3.8) is 0 Å². The molecule has 56 valence electrons. The SMILES string of the molecule is N#CN(C#N)C(=O)N(C#N)C#N. The van der Waals surface area contributed by atoms with Crippen molar-refractivity contribution in [1.29, 1.82) is 21.0 Å². The second kappa shape index (κ2) is 4.11. The molecule has 0 heterocycles. The Labute approximate surface area is 67.5 Å². The number of nitrogens with zero attached hydrogens (tertiary/aromatic N) is 6. The summed E-state index contributed by atoms with van der Waals surface area (Å²) in [5.41, 5.74) is 0. The van der Waals surface area contributed by atoms with Gasteiger partial charge < -0.3 is 0 Å². The normalized spacial score (nSPS) is 6.33. The Hall–Kier alpha value is -2.77. The van der Waals surface area contributed by atoms with Crippen molar-refractivity contribution in [2.45, 2.75) is 0 Å². The molecule has 0 radical (unpaired) electrons. The van der Waals surface area contributed by atoms with E-state index < -0.39 is 6.03 Å². The summed E-state index contributed by atoms with van der Waals surface area (Å²) in [6.45, 7) is 0. The molecule has 0 atom stereocenters. The van der Waals surface area contributed by atoms with Crippen molar-refractivity contribution in [2.24, 2.45) is 0 Å². The molecule has 0 aliphatic carbocycles. The molecule has 0 rings (SSSR count). The van der Waals surface area contributed by atoms with Gasteiger partial charge in [-0.1, -0.05) is 0 Å². The highest BCUT2D eigenvalue weighted by Gasteiger charge is 2.20. The molecule has 0 spiro atoms. The standard InChI is InChI=1S/C5N6O/c6-1-10(2-7)5(12)11(3-8)4-9. The van der Waals surface area contributed by atoms with Gasteiger partial charge in [-0.2, -0.15) is 21.0 Å². The molecular weight excluding hydrogens is 160 g/mol. The van der Waals surface area contributed by atoms with Gasteiger partial charge >= 0.3 is 6.03 Å². The maximum atomic E-state index is 10.7. The van der Waals surface area contributed by atoms with Gasteiger partial charge in [0.05, 0.1) is 0 Å². The second-order valence-electron chi connectivity index (χ2n) is 1.35. The number of carbonyl (C=O) groups is 1. The van der Waals surface area contributed by atoms with E-state index in [0.29, 0.717) is 0 Å². The highest BCUT2D eigenvalue weighted by molar-refractivity contribution is 5.80. The molecule has 0 N–H and O–H groups in total. The zero-order valence-electron chi connectivity index (χ0n) is 5.59. The fourth-order valence-corrected chi connectivity index (χ4v) is 0.316. The minimum Gasteiger partial charge on any atom is -0.244 e. The Morgan fingerprint density at radius 2 is 1.08 bits per heavy atom. The molecule has 0 saturated heterocycles. The van der Waals surface area contributed by atoms with Gasteiger partial charge in [0, 0.05) is 0 Å². The molecule has 7 nitrogen and oxygen atoms in total.